The first kappa shape index (κ1) is 18.5. The lowest BCUT2D eigenvalue weighted by molar-refractivity contribution is 0.445. The van der Waals surface area contributed by atoms with E-state index in [0.717, 1.165) is 49.4 Å². The molecule has 2 aromatic rings. The van der Waals surface area contributed by atoms with Gasteiger partial charge in [0.1, 0.15) is 0 Å². The molecular formula is C20H28N4O2S. The van der Waals surface area contributed by atoms with E-state index < -0.39 is 10.0 Å². The highest BCUT2D eigenvalue weighted by Crippen LogP contribution is 2.32. The molecule has 0 saturated heterocycles. The maximum Gasteiger partial charge on any atom is 0.243 e. The van der Waals surface area contributed by atoms with Crippen LogP contribution in [-0.4, -0.2) is 42.1 Å². The van der Waals surface area contributed by atoms with Gasteiger partial charge in [0.15, 0.2) is 0 Å². The van der Waals surface area contributed by atoms with Crippen LogP contribution in [0.1, 0.15) is 43.6 Å². The summed E-state index contributed by atoms with van der Waals surface area (Å²) in [5.41, 5.74) is 4.71. The topological polar surface area (TPSA) is 58.4 Å². The summed E-state index contributed by atoms with van der Waals surface area (Å²) >= 11 is 0. The number of fused-ring (bicyclic) bond motifs is 2. The van der Waals surface area contributed by atoms with Crippen LogP contribution >= 0.6 is 0 Å². The molecule has 0 atom stereocenters. The highest BCUT2D eigenvalue weighted by atomic mass is 32.2. The van der Waals surface area contributed by atoms with Gasteiger partial charge in [-0.3, -0.25) is 4.68 Å². The molecule has 0 bridgehead atoms. The third kappa shape index (κ3) is 3.38. The zero-order chi connectivity index (χ0) is 19.0. The fraction of sp³-hybridized carbons (Fsp3) is 0.550. The van der Waals surface area contributed by atoms with E-state index in [1.807, 2.05) is 26.0 Å². The Kier molecular flexibility index (Phi) is 4.99. The van der Waals surface area contributed by atoms with Crippen molar-refractivity contribution in [3.63, 3.8) is 0 Å². The standard InChI is InChI=1S/C20H28N4O2S/c1-3-23(4-2)27(25,26)19-8-9-20-16(13-19)10-12-22(20)15-17-14-18-7-5-6-11-24(18)21-17/h8-9,13-14H,3-7,10-12,15H2,1-2H3. The molecule has 1 aromatic heterocycles. The molecule has 27 heavy (non-hydrogen) atoms. The van der Waals surface area contributed by atoms with Crippen LogP contribution in [0.5, 0.6) is 0 Å². The molecule has 0 amide bonds. The van der Waals surface area contributed by atoms with Gasteiger partial charge in [-0.25, -0.2) is 8.42 Å². The number of sulfonamides is 1. The van der Waals surface area contributed by atoms with E-state index in [-0.39, 0.29) is 0 Å². The van der Waals surface area contributed by atoms with Crippen LogP contribution in [0.3, 0.4) is 0 Å². The first-order valence-corrected chi connectivity index (χ1v) is 11.4. The van der Waals surface area contributed by atoms with Crippen LogP contribution in [0.25, 0.3) is 0 Å². The van der Waals surface area contributed by atoms with Crippen molar-refractivity contribution >= 4 is 15.7 Å². The molecule has 0 spiro atoms. The second-order valence-corrected chi connectivity index (χ2v) is 9.30. The van der Waals surface area contributed by atoms with Crippen LogP contribution in [0.4, 0.5) is 5.69 Å². The smallest absolute Gasteiger partial charge is 0.243 e. The van der Waals surface area contributed by atoms with E-state index in [1.165, 1.54) is 22.8 Å². The molecular weight excluding hydrogens is 360 g/mol. The monoisotopic (exact) mass is 388 g/mol. The van der Waals surface area contributed by atoms with Gasteiger partial charge in [0.05, 0.1) is 17.1 Å². The van der Waals surface area contributed by atoms with Gasteiger partial charge in [0, 0.05) is 37.6 Å². The number of nitrogens with zero attached hydrogens (tertiary/aromatic N) is 4. The van der Waals surface area contributed by atoms with Crippen molar-refractivity contribution in [2.75, 3.05) is 24.5 Å². The minimum Gasteiger partial charge on any atom is -0.365 e. The van der Waals surface area contributed by atoms with Crippen LogP contribution in [0.2, 0.25) is 0 Å². The Bertz CT molecular complexity index is 908. The van der Waals surface area contributed by atoms with Gasteiger partial charge in [0.2, 0.25) is 10.0 Å². The van der Waals surface area contributed by atoms with Gasteiger partial charge < -0.3 is 4.90 Å². The van der Waals surface area contributed by atoms with E-state index in [9.17, 15) is 8.42 Å². The van der Waals surface area contributed by atoms with E-state index in [1.54, 1.807) is 6.07 Å². The van der Waals surface area contributed by atoms with E-state index >= 15 is 0 Å². The molecule has 0 radical (unpaired) electrons. The van der Waals surface area contributed by atoms with Crippen LogP contribution in [-0.2, 0) is 36.0 Å². The van der Waals surface area contributed by atoms with Crippen molar-refractivity contribution in [1.82, 2.24) is 14.1 Å². The number of hydrogen-bond acceptors (Lipinski definition) is 4. The first-order chi connectivity index (χ1) is 13.0. The Morgan fingerprint density at radius 1 is 1.07 bits per heavy atom. The average Bonchev–Trinajstić information content (AvgIpc) is 3.26. The van der Waals surface area contributed by atoms with Crippen LogP contribution in [0.15, 0.2) is 29.2 Å². The predicted octanol–water partition coefficient (Wildman–Crippen LogP) is 2.81. The summed E-state index contributed by atoms with van der Waals surface area (Å²) in [6.07, 6.45) is 4.46. The zero-order valence-electron chi connectivity index (χ0n) is 16.2. The summed E-state index contributed by atoms with van der Waals surface area (Å²) in [4.78, 5) is 2.72. The summed E-state index contributed by atoms with van der Waals surface area (Å²) in [6, 6.07) is 7.81. The summed E-state index contributed by atoms with van der Waals surface area (Å²) in [5.74, 6) is 0. The molecule has 146 valence electrons. The molecule has 3 heterocycles. The molecule has 1 aromatic carbocycles. The second-order valence-electron chi connectivity index (χ2n) is 7.36. The largest absolute Gasteiger partial charge is 0.365 e. The number of benzene rings is 1. The fourth-order valence-corrected chi connectivity index (χ4v) is 5.74. The number of aryl methyl sites for hydroxylation is 2. The third-order valence-corrected chi connectivity index (χ3v) is 7.75. The highest BCUT2D eigenvalue weighted by Gasteiger charge is 2.26. The molecule has 2 aliphatic heterocycles. The van der Waals surface area contributed by atoms with Gasteiger partial charge in [-0.2, -0.15) is 9.40 Å². The highest BCUT2D eigenvalue weighted by molar-refractivity contribution is 7.89. The third-order valence-electron chi connectivity index (χ3n) is 5.71. The molecule has 0 fully saturated rings. The molecule has 6 nitrogen and oxygen atoms in total. The van der Waals surface area contributed by atoms with Gasteiger partial charge in [0.25, 0.3) is 0 Å². The summed E-state index contributed by atoms with van der Waals surface area (Å²) in [7, 11) is -3.40. The van der Waals surface area contributed by atoms with Crippen molar-refractivity contribution in [2.45, 2.75) is 57.5 Å². The van der Waals surface area contributed by atoms with Crippen molar-refractivity contribution in [2.24, 2.45) is 0 Å². The van der Waals surface area contributed by atoms with Crippen LogP contribution < -0.4 is 4.90 Å². The van der Waals surface area contributed by atoms with Gasteiger partial charge in [-0.15, -0.1) is 0 Å². The Hall–Kier alpha value is -1.86. The zero-order valence-corrected chi connectivity index (χ0v) is 17.0. The number of aromatic nitrogens is 2. The lowest BCUT2D eigenvalue weighted by Gasteiger charge is -2.20. The van der Waals surface area contributed by atoms with E-state index in [4.69, 9.17) is 5.10 Å². The van der Waals surface area contributed by atoms with Gasteiger partial charge >= 0.3 is 0 Å². The molecule has 0 saturated carbocycles. The molecule has 0 unspecified atom stereocenters. The number of anilines is 1. The Balaban J connectivity index is 1.55. The Labute approximate surface area is 161 Å². The van der Waals surface area contributed by atoms with Crippen molar-refractivity contribution in [1.29, 1.82) is 0 Å². The van der Waals surface area contributed by atoms with Crippen molar-refractivity contribution < 1.29 is 8.42 Å². The minimum atomic E-state index is -3.40. The molecule has 2 aliphatic rings. The van der Waals surface area contributed by atoms with Gasteiger partial charge in [-0.1, -0.05) is 13.8 Å². The predicted molar refractivity (Wildman–Crippen MR) is 106 cm³/mol. The van der Waals surface area contributed by atoms with Gasteiger partial charge in [-0.05, 0) is 55.5 Å². The molecule has 0 aliphatic carbocycles. The number of rotatable bonds is 6. The molecule has 7 heteroatoms. The maximum absolute atomic E-state index is 12.8. The fourth-order valence-electron chi connectivity index (χ4n) is 4.23. The summed E-state index contributed by atoms with van der Waals surface area (Å²) < 4.78 is 29.2. The molecule has 0 N–H and O–H groups in total. The number of hydrogen-bond donors (Lipinski definition) is 0. The quantitative estimate of drug-likeness (QED) is 0.764. The second kappa shape index (κ2) is 7.28. The Morgan fingerprint density at radius 3 is 2.63 bits per heavy atom. The normalized spacial score (nSPS) is 16.6. The van der Waals surface area contributed by atoms with Crippen LogP contribution in [0, 0.1) is 0 Å². The SMILES string of the molecule is CCN(CC)S(=O)(=O)c1ccc2c(c1)CCN2Cc1cc2n(n1)CCCC2. The van der Waals surface area contributed by atoms with Crippen molar-refractivity contribution in [3.05, 3.63) is 41.2 Å². The van der Waals surface area contributed by atoms with Crippen molar-refractivity contribution in [3.8, 4) is 0 Å². The summed E-state index contributed by atoms with van der Waals surface area (Å²) in [6.45, 7) is 7.46. The Morgan fingerprint density at radius 2 is 1.89 bits per heavy atom. The lowest BCUT2D eigenvalue weighted by atomic mass is 10.1. The minimum absolute atomic E-state index is 0.407. The molecule has 4 rings (SSSR count). The maximum atomic E-state index is 12.8. The first-order valence-electron chi connectivity index (χ1n) is 9.96. The summed E-state index contributed by atoms with van der Waals surface area (Å²) in [5, 5.41) is 4.76. The average molecular weight is 389 g/mol. The van der Waals surface area contributed by atoms with E-state index in [0.29, 0.717) is 18.0 Å². The van der Waals surface area contributed by atoms with E-state index in [2.05, 4.69) is 15.6 Å². The lowest BCUT2D eigenvalue weighted by Crippen LogP contribution is -2.30.